The van der Waals surface area contributed by atoms with Crippen molar-refractivity contribution in [2.24, 2.45) is 0 Å². The minimum Gasteiger partial charge on any atom is -0.486 e. The van der Waals surface area contributed by atoms with Crippen molar-refractivity contribution in [3.8, 4) is 11.5 Å². The lowest BCUT2D eigenvalue weighted by Crippen LogP contribution is -2.24. The molecule has 1 N–H and O–H groups in total. The summed E-state index contributed by atoms with van der Waals surface area (Å²) in [6.07, 6.45) is 0. The molecule has 3 rings (SSSR count). The minimum absolute atomic E-state index is 0.0597. The Kier molecular flexibility index (Phi) is 4.18. The highest BCUT2D eigenvalue weighted by molar-refractivity contribution is 7.89. The van der Waals surface area contributed by atoms with Crippen molar-refractivity contribution in [1.29, 1.82) is 0 Å². The molecule has 0 atom stereocenters. The molecule has 0 aliphatic carbocycles. The first-order valence-electron chi connectivity index (χ1n) is 6.79. The second-order valence-electron chi connectivity index (χ2n) is 4.88. The molecule has 2 aromatic carbocycles. The standard InChI is InChI=1S/C15H13F2NO4S/c16-11-2-4-15(12(17)8-11)23(19,20)18-9-10-1-3-13-14(7-10)22-6-5-21-13/h1-4,7-8,18H,5-6,9H2. The SMILES string of the molecule is O=S(=O)(NCc1ccc2c(c1)OCCO2)c1ccc(F)cc1F. The second kappa shape index (κ2) is 6.13. The fourth-order valence-electron chi connectivity index (χ4n) is 2.15. The van der Waals surface area contributed by atoms with E-state index in [1.807, 2.05) is 0 Å². The zero-order chi connectivity index (χ0) is 16.4. The van der Waals surface area contributed by atoms with Gasteiger partial charge in [0.15, 0.2) is 11.5 Å². The maximum atomic E-state index is 13.6. The molecule has 8 heteroatoms. The van der Waals surface area contributed by atoms with E-state index in [1.165, 1.54) is 0 Å². The first kappa shape index (κ1) is 15.7. The Morgan fingerprint density at radius 2 is 1.74 bits per heavy atom. The molecule has 0 fully saturated rings. The van der Waals surface area contributed by atoms with E-state index < -0.39 is 26.6 Å². The summed E-state index contributed by atoms with van der Waals surface area (Å²) in [4.78, 5) is -0.601. The zero-order valence-electron chi connectivity index (χ0n) is 11.9. The second-order valence-corrected chi connectivity index (χ2v) is 6.61. The van der Waals surface area contributed by atoms with Crippen molar-refractivity contribution in [2.45, 2.75) is 11.4 Å². The molecular weight excluding hydrogens is 328 g/mol. The van der Waals surface area contributed by atoms with Crippen LogP contribution in [0.5, 0.6) is 11.5 Å². The molecule has 1 heterocycles. The summed E-state index contributed by atoms with van der Waals surface area (Å²) in [5.41, 5.74) is 0.625. The molecule has 0 spiro atoms. The van der Waals surface area contributed by atoms with Gasteiger partial charge in [0.25, 0.3) is 0 Å². The third-order valence-corrected chi connectivity index (χ3v) is 4.69. The third kappa shape index (κ3) is 3.43. The summed E-state index contributed by atoms with van der Waals surface area (Å²) >= 11 is 0. The summed E-state index contributed by atoms with van der Waals surface area (Å²) in [6, 6.07) is 7.31. The Balaban J connectivity index is 1.76. The average molecular weight is 341 g/mol. The van der Waals surface area contributed by atoms with Crippen LogP contribution in [0, 0.1) is 11.6 Å². The fourth-order valence-corrected chi connectivity index (χ4v) is 3.22. The Hall–Kier alpha value is -2.19. The van der Waals surface area contributed by atoms with Gasteiger partial charge in [0.1, 0.15) is 29.7 Å². The van der Waals surface area contributed by atoms with E-state index in [1.54, 1.807) is 18.2 Å². The summed E-state index contributed by atoms with van der Waals surface area (Å²) in [7, 11) is -4.09. The zero-order valence-corrected chi connectivity index (χ0v) is 12.7. The Bertz CT molecular complexity index is 839. The largest absolute Gasteiger partial charge is 0.486 e. The Labute approximate surface area is 131 Å². The van der Waals surface area contributed by atoms with Crippen LogP contribution in [-0.2, 0) is 16.6 Å². The summed E-state index contributed by atoms with van der Waals surface area (Å²) in [6.45, 7) is 0.821. The van der Waals surface area contributed by atoms with E-state index in [-0.39, 0.29) is 6.54 Å². The first-order valence-corrected chi connectivity index (χ1v) is 8.27. The monoisotopic (exact) mass is 341 g/mol. The lowest BCUT2D eigenvalue weighted by Gasteiger charge is -2.19. The van der Waals surface area contributed by atoms with E-state index in [9.17, 15) is 17.2 Å². The summed E-state index contributed by atoms with van der Waals surface area (Å²) < 4.78 is 63.7. The predicted molar refractivity (Wildman–Crippen MR) is 77.8 cm³/mol. The lowest BCUT2D eigenvalue weighted by molar-refractivity contribution is 0.171. The molecule has 1 aliphatic heterocycles. The van der Waals surface area contributed by atoms with Crippen LogP contribution >= 0.6 is 0 Å². The van der Waals surface area contributed by atoms with E-state index in [4.69, 9.17) is 9.47 Å². The molecule has 0 saturated heterocycles. The van der Waals surface area contributed by atoms with E-state index in [0.29, 0.717) is 36.3 Å². The maximum absolute atomic E-state index is 13.6. The van der Waals surface area contributed by atoms with Gasteiger partial charge >= 0.3 is 0 Å². The van der Waals surface area contributed by atoms with Crippen LogP contribution in [0.4, 0.5) is 8.78 Å². The molecule has 5 nitrogen and oxygen atoms in total. The molecule has 122 valence electrons. The van der Waals surface area contributed by atoms with Crippen LogP contribution < -0.4 is 14.2 Å². The Morgan fingerprint density at radius 1 is 1.00 bits per heavy atom. The van der Waals surface area contributed by atoms with Gasteiger partial charge < -0.3 is 9.47 Å². The molecule has 0 saturated carbocycles. The van der Waals surface area contributed by atoms with Crippen LogP contribution in [0.25, 0.3) is 0 Å². The quantitative estimate of drug-likeness (QED) is 0.926. The number of sulfonamides is 1. The van der Waals surface area contributed by atoms with Gasteiger partial charge in [-0.25, -0.2) is 21.9 Å². The van der Waals surface area contributed by atoms with Gasteiger partial charge in [-0.1, -0.05) is 6.07 Å². The molecule has 23 heavy (non-hydrogen) atoms. The lowest BCUT2D eigenvalue weighted by atomic mass is 10.2. The molecule has 0 radical (unpaired) electrons. The van der Waals surface area contributed by atoms with Gasteiger partial charge in [-0.05, 0) is 29.8 Å². The number of halogens is 2. The number of hydrogen-bond donors (Lipinski definition) is 1. The van der Waals surface area contributed by atoms with Gasteiger partial charge in [-0.3, -0.25) is 0 Å². The van der Waals surface area contributed by atoms with E-state index in [2.05, 4.69) is 4.72 Å². The molecule has 1 aliphatic rings. The van der Waals surface area contributed by atoms with Crippen molar-refractivity contribution in [3.63, 3.8) is 0 Å². The van der Waals surface area contributed by atoms with Gasteiger partial charge in [0.2, 0.25) is 10.0 Å². The van der Waals surface area contributed by atoms with Crippen molar-refractivity contribution in [3.05, 3.63) is 53.6 Å². The van der Waals surface area contributed by atoms with Gasteiger partial charge in [0, 0.05) is 12.6 Å². The van der Waals surface area contributed by atoms with E-state index in [0.717, 1.165) is 12.1 Å². The van der Waals surface area contributed by atoms with Crippen molar-refractivity contribution >= 4 is 10.0 Å². The van der Waals surface area contributed by atoms with Crippen molar-refractivity contribution in [2.75, 3.05) is 13.2 Å². The smallest absolute Gasteiger partial charge is 0.243 e. The minimum atomic E-state index is -4.09. The summed E-state index contributed by atoms with van der Waals surface area (Å²) in [5, 5.41) is 0. The average Bonchev–Trinajstić information content (AvgIpc) is 2.52. The van der Waals surface area contributed by atoms with Crippen LogP contribution in [0.15, 0.2) is 41.3 Å². The van der Waals surface area contributed by atoms with Crippen molar-refractivity contribution in [1.82, 2.24) is 4.72 Å². The highest BCUT2D eigenvalue weighted by Gasteiger charge is 2.20. The normalized spacial score (nSPS) is 13.8. The summed E-state index contributed by atoms with van der Waals surface area (Å²) in [5.74, 6) is -0.860. The van der Waals surface area contributed by atoms with Crippen molar-refractivity contribution < 1.29 is 26.7 Å². The first-order chi connectivity index (χ1) is 11.0. The Morgan fingerprint density at radius 3 is 2.48 bits per heavy atom. The number of benzene rings is 2. The van der Waals surface area contributed by atoms with Crippen LogP contribution in [0.3, 0.4) is 0 Å². The van der Waals surface area contributed by atoms with Gasteiger partial charge in [-0.2, -0.15) is 0 Å². The number of rotatable bonds is 4. The molecular formula is C15H13F2NO4S. The van der Waals surface area contributed by atoms with Crippen LogP contribution in [-0.4, -0.2) is 21.6 Å². The molecule has 0 aromatic heterocycles. The number of nitrogens with one attached hydrogen (secondary N) is 1. The fraction of sp³-hybridized carbons (Fsp3) is 0.200. The highest BCUT2D eigenvalue weighted by Crippen LogP contribution is 2.30. The highest BCUT2D eigenvalue weighted by atomic mass is 32.2. The third-order valence-electron chi connectivity index (χ3n) is 3.26. The molecule has 0 amide bonds. The topological polar surface area (TPSA) is 64.6 Å². The maximum Gasteiger partial charge on any atom is 0.243 e. The molecule has 0 bridgehead atoms. The van der Waals surface area contributed by atoms with Gasteiger partial charge in [0.05, 0.1) is 0 Å². The number of ether oxygens (including phenoxy) is 2. The number of hydrogen-bond acceptors (Lipinski definition) is 4. The number of fused-ring (bicyclic) bond motifs is 1. The van der Waals surface area contributed by atoms with Gasteiger partial charge in [-0.15, -0.1) is 0 Å². The predicted octanol–water partition coefficient (Wildman–Crippen LogP) is 2.21. The molecule has 0 unspecified atom stereocenters. The van der Waals surface area contributed by atoms with Crippen LogP contribution in [0.1, 0.15) is 5.56 Å². The van der Waals surface area contributed by atoms with Crippen LogP contribution in [0.2, 0.25) is 0 Å². The molecule has 2 aromatic rings. The van der Waals surface area contributed by atoms with E-state index >= 15 is 0 Å².